The number of rotatable bonds is 2. The summed E-state index contributed by atoms with van der Waals surface area (Å²) in [6, 6.07) is 2.64. The zero-order chi connectivity index (χ0) is 13.3. The van der Waals surface area contributed by atoms with Crippen molar-refractivity contribution in [2.24, 2.45) is 11.8 Å². The lowest BCUT2D eigenvalue weighted by Gasteiger charge is -2.33. The van der Waals surface area contributed by atoms with Crippen molar-refractivity contribution in [1.82, 2.24) is 0 Å². The van der Waals surface area contributed by atoms with Gasteiger partial charge in [0.2, 0.25) is 0 Å². The van der Waals surface area contributed by atoms with Crippen LogP contribution in [-0.4, -0.2) is 6.04 Å². The molecule has 0 bridgehead atoms. The maximum absolute atomic E-state index is 13.7. The quantitative estimate of drug-likeness (QED) is 0.760. The van der Waals surface area contributed by atoms with Crippen molar-refractivity contribution in [2.75, 3.05) is 5.32 Å². The van der Waals surface area contributed by atoms with Gasteiger partial charge in [0, 0.05) is 12.1 Å². The van der Waals surface area contributed by atoms with E-state index < -0.39 is 11.6 Å². The topological polar surface area (TPSA) is 12.0 Å². The van der Waals surface area contributed by atoms with Gasteiger partial charge in [-0.15, -0.1) is 0 Å². The van der Waals surface area contributed by atoms with Crippen molar-refractivity contribution >= 4 is 21.6 Å². The molecule has 100 valence electrons. The molecule has 0 aliphatic heterocycles. The van der Waals surface area contributed by atoms with Crippen LogP contribution >= 0.6 is 15.9 Å². The van der Waals surface area contributed by atoms with E-state index in [-0.39, 0.29) is 16.2 Å². The van der Waals surface area contributed by atoms with Gasteiger partial charge in [-0.25, -0.2) is 8.78 Å². The second-order valence-corrected chi connectivity index (χ2v) is 6.21. The molecule has 1 nitrogen and oxygen atoms in total. The van der Waals surface area contributed by atoms with E-state index in [4.69, 9.17) is 0 Å². The Morgan fingerprint density at radius 2 is 1.83 bits per heavy atom. The number of hydrogen-bond donors (Lipinski definition) is 1. The zero-order valence-corrected chi connectivity index (χ0v) is 12.2. The van der Waals surface area contributed by atoms with Crippen LogP contribution in [0.25, 0.3) is 0 Å². The minimum Gasteiger partial charge on any atom is -0.380 e. The van der Waals surface area contributed by atoms with Crippen molar-refractivity contribution < 1.29 is 8.78 Å². The van der Waals surface area contributed by atoms with E-state index in [1.807, 2.05) is 0 Å². The second-order valence-electron chi connectivity index (χ2n) is 5.36. The first-order valence-electron chi connectivity index (χ1n) is 6.38. The molecule has 1 aliphatic carbocycles. The van der Waals surface area contributed by atoms with Crippen LogP contribution in [-0.2, 0) is 0 Å². The van der Waals surface area contributed by atoms with Crippen LogP contribution in [0.1, 0.15) is 33.1 Å². The Morgan fingerprint density at radius 1 is 1.11 bits per heavy atom. The first-order valence-corrected chi connectivity index (χ1v) is 7.17. The molecule has 1 aromatic rings. The molecule has 0 spiro atoms. The maximum atomic E-state index is 13.7. The molecule has 0 radical (unpaired) electrons. The maximum Gasteiger partial charge on any atom is 0.147 e. The Kier molecular flexibility index (Phi) is 4.25. The van der Waals surface area contributed by atoms with Gasteiger partial charge in [-0.1, -0.05) is 13.8 Å². The molecular weight excluding hydrogens is 300 g/mol. The van der Waals surface area contributed by atoms with Crippen LogP contribution in [0.5, 0.6) is 0 Å². The molecule has 1 fully saturated rings. The Morgan fingerprint density at radius 3 is 2.50 bits per heavy atom. The lowest BCUT2D eigenvalue weighted by molar-refractivity contribution is 0.260. The van der Waals surface area contributed by atoms with Crippen LogP contribution in [0.3, 0.4) is 0 Å². The average Bonchev–Trinajstić information content (AvgIpc) is 2.31. The number of nitrogens with one attached hydrogen (secondary N) is 1. The third kappa shape index (κ3) is 3.02. The standard InChI is InChI=1S/C14H18BrF2N/c1-8-3-4-10(5-9(8)2)18-14-7-12(16)11(15)6-13(14)17/h6-10,18H,3-5H2,1-2H3. The molecule has 18 heavy (non-hydrogen) atoms. The minimum atomic E-state index is -0.434. The van der Waals surface area contributed by atoms with Gasteiger partial charge < -0.3 is 5.32 Å². The summed E-state index contributed by atoms with van der Waals surface area (Å²) >= 11 is 2.98. The van der Waals surface area contributed by atoms with E-state index >= 15 is 0 Å². The van der Waals surface area contributed by atoms with Gasteiger partial charge >= 0.3 is 0 Å². The first-order chi connectivity index (χ1) is 8.47. The lowest BCUT2D eigenvalue weighted by Crippen LogP contribution is -2.30. The van der Waals surface area contributed by atoms with E-state index in [9.17, 15) is 8.78 Å². The second kappa shape index (κ2) is 5.55. The third-order valence-electron chi connectivity index (χ3n) is 3.97. The highest BCUT2D eigenvalue weighted by Gasteiger charge is 2.25. The smallest absolute Gasteiger partial charge is 0.147 e. The summed E-state index contributed by atoms with van der Waals surface area (Å²) in [5.74, 6) is 0.500. The highest BCUT2D eigenvalue weighted by molar-refractivity contribution is 9.10. The SMILES string of the molecule is CC1CCC(Nc2cc(F)c(Br)cc2F)CC1C. The summed E-state index contributed by atoms with van der Waals surface area (Å²) in [7, 11) is 0. The molecular formula is C14H18BrF2N. The van der Waals surface area contributed by atoms with E-state index in [2.05, 4.69) is 35.1 Å². The first kappa shape index (κ1) is 13.8. The molecule has 1 saturated carbocycles. The van der Waals surface area contributed by atoms with Gasteiger partial charge in [-0.3, -0.25) is 0 Å². The average molecular weight is 318 g/mol. The van der Waals surface area contributed by atoms with Gasteiger partial charge in [-0.05, 0) is 53.1 Å². The predicted octanol–water partition coefficient (Wildman–Crippen LogP) is 4.96. The monoisotopic (exact) mass is 317 g/mol. The van der Waals surface area contributed by atoms with Crippen molar-refractivity contribution in [3.63, 3.8) is 0 Å². The fourth-order valence-corrected chi connectivity index (χ4v) is 2.85. The Labute approximate surface area is 115 Å². The van der Waals surface area contributed by atoms with Crippen LogP contribution in [0, 0.1) is 23.5 Å². The van der Waals surface area contributed by atoms with Crippen LogP contribution in [0.2, 0.25) is 0 Å². The molecule has 0 aromatic heterocycles. The van der Waals surface area contributed by atoms with Gasteiger partial charge in [0.25, 0.3) is 0 Å². The largest absolute Gasteiger partial charge is 0.380 e. The van der Waals surface area contributed by atoms with E-state index in [0.717, 1.165) is 25.2 Å². The number of halogens is 3. The van der Waals surface area contributed by atoms with Crippen molar-refractivity contribution in [3.8, 4) is 0 Å². The van der Waals surface area contributed by atoms with Crippen molar-refractivity contribution in [2.45, 2.75) is 39.2 Å². The third-order valence-corrected chi connectivity index (χ3v) is 4.58. The number of hydrogen-bond acceptors (Lipinski definition) is 1. The Bertz CT molecular complexity index is 436. The highest BCUT2D eigenvalue weighted by atomic mass is 79.9. The van der Waals surface area contributed by atoms with E-state index in [1.165, 1.54) is 12.1 Å². The van der Waals surface area contributed by atoms with Gasteiger partial charge in [0.05, 0.1) is 10.2 Å². The summed E-state index contributed by atoms with van der Waals surface area (Å²) in [4.78, 5) is 0. The summed E-state index contributed by atoms with van der Waals surface area (Å²) in [6.07, 6.45) is 3.17. The van der Waals surface area contributed by atoms with Gasteiger partial charge in [0.1, 0.15) is 11.6 Å². The van der Waals surface area contributed by atoms with E-state index in [1.54, 1.807) is 0 Å². The molecule has 3 atom stereocenters. The minimum absolute atomic E-state index is 0.163. The van der Waals surface area contributed by atoms with Crippen molar-refractivity contribution in [1.29, 1.82) is 0 Å². The molecule has 1 aromatic carbocycles. The fourth-order valence-electron chi connectivity index (χ4n) is 2.53. The van der Waals surface area contributed by atoms with E-state index in [0.29, 0.717) is 5.92 Å². The molecule has 1 aliphatic rings. The normalized spacial score (nSPS) is 28.2. The molecule has 0 heterocycles. The zero-order valence-electron chi connectivity index (χ0n) is 10.6. The lowest BCUT2D eigenvalue weighted by atomic mass is 9.79. The molecule has 2 rings (SSSR count). The molecule has 3 unspecified atom stereocenters. The Hall–Kier alpha value is -0.640. The summed E-state index contributed by atoms with van der Waals surface area (Å²) in [6.45, 7) is 4.47. The predicted molar refractivity (Wildman–Crippen MR) is 73.6 cm³/mol. The summed E-state index contributed by atoms with van der Waals surface area (Å²) < 4.78 is 27.3. The fraction of sp³-hybridized carbons (Fsp3) is 0.571. The van der Waals surface area contributed by atoms with Gasteiger partial charge in [-0.2, -0.15) is 0 Å². The molecule has 0 saturated heterocycles. The number of anilines is 1. The Balaban J connectivity index is 2.08. The van der Waals surface area contributed by atoms with Crippen LogP contribution < -0.4 is 5.32 Å². The highest BCUT2D eigenvalue weighted by Crippen LogP contribution is 2.32. The van der Waals surface area contributed by atoms with Crippen molar-refractivity contribution in [3.05, 3.63) is 28.2 Å². The van der Waals surface area contributed by atoms with Gasteiger partial charge in [0.15, 0.2) is 0 Å². The van der Waals surface area contributed by atoms with Crippen LogP contribution in [0.15, 0.2) is 16.6 Å². The summed E-state index contributed by atoms with van der Waals surface area (Å²) in [5, 5.41) is 3.13. The number of benzene rings is 1. The summed E-state index contributed by atoms with van der Waals surface area (Å²) in [5.41, 5.74) is 0.266. The molecule has 1 N–H and O–H groups in total. The van der Waals surface area contributed by atoms with Crippen LogP contribution in [0.4, 0.5) is 14.5 Å². The molecule has 4 heteroatoms. The molecule has 0 amide bonds.